The molecule has 1 fully saturated rings. The molecule has 0 saturated carbocycles. The number of nitrogens with zero attached hydrogens (tertiary/aromatic N) is 5. The molecule has 0 radical (unpaired) electrons. The largest absolute Gasteiger partial charge is 0.573 e. The molecular weight excluding hydrogens is 576 g/mol. The van der Waals surface area contributed by atoms with Gasteiger partial charge in [-0.25, -0.2) is 18.9 Å². The number of alkyl halides is 3. The number of hydrogen-bond donors (Lipinski definition) is 1. The van der Waals surface area contributed by atoms with Gasteiger partial charge in [-0.3, -0.25) is 9.69 Å². The van der Waals surface area contributed by atoms with Crippen molar-refractivity contribution < 1.29 is 31.9 Å². The Labute approximate surface area is 241 Å². The number of aliphatic imine (C=N–C) groups is 1. The Kier molecular flexibility index (Phi) is 7.98. The highest BCUT2D eigenvalue weighted by atomic mass is 32.2. The Morgan fingerprint density at radius 3 is 2.45 bits per heavy atom. The van der Waals surface area contributed by atoms with Crippen molar-refractivity contribution in [2.24, 2.45) is 4.99 Å². The number of benzene rings is 3. The van der Waals surface area contributed by atoms with Crippen LogP contribution in [0, 0.1) is 5.82 Å². The van der Waals surface area contributed by atoms with Crippen molar-refractivity contribution in [2.75, 3.05) is 16.0 Å². The third-order valence-corrected chi connectivity index (χ3v) is 6.96. The first kappa shape index (κ1) is 28.8. The minimum absolute atomic E-state index is 0.0676. The normalized spacial score (nSPS) is 14.6. The molecule has 3 amide bonds. The predicted octanol–water partition coefficient (Wildman–Crippen LogP) is 6.76. The van der Waals surface area contributed by atoms with Gasteiger partial charge < -0.3 is 10.1 Å². The molecule has 0 aliphatic carbocycles. The van der Waals surface area contributed by atoms with Crippen LogP contribution in [0.25, 0.3) is 17.1 Å². The summed E-state index contributed by atoms with van der Waals surface area (Å²) in [5.74, 6) is -0.654. The third-order valence-electron chi connectivity index (χ3n) is 6.04. The van der Waals surface area contributed by atoms with E-state index in [1.165, 1.54) is 58.4 Å². The van der Waals surface area contributed by atoms with Gasteiger partial charge in [-0.15, -0.1) is 18.3 Å². The Morgan fingerprint density at radius 2 is 1.79 bits per heavy atom. The van der Waals surface area contributed by atoms with Crippen LogP contribution >= 0.6 is 11.8 Å². The molecule has 5 rings (SSSR count). The molecule has 9 nitrogen and oxygen atoms in total. The fraction of sp³-hybridized carbons (Fsp3) is 0.179. The average molecular weight is 599 g/mol. The Bertz CT molecular complexity index is 1650. The number of amidine groups is 1. The van der Waals surface area contributed by atoms with Gasteiger partial charge in [-0.2, -0.15) is 4.99 Å². The number of nitrogens with one attached hydrogen (secondary N) is 1. The van der Waals surface area contributed by atoms with E-state index in [1.54, 1.807) is 24.3 Å². The van der Waals surface area contributed by atoms with Crippen molar-refractivity contribution >= 4 is 40.2 Å². The lowest BCUT2D eigenvalue weighted by Gasteiger charge is -2.21. The lowest BCUT2D eigenvalue weighted by atomic mass is 10.0. The maximum absolute atomic E-state index is 13.9. The molecule has 1 saturated heterocycles. The highest BCUT2D eigenvalue weighted by molar-refractivity contribution is 8.15. The van der Waals surface area contributed by atoms with Gasteiger partial charge in [0.15, 0.2) is 11.0 Å². The first-order chi connectivity index (χ1) is 20.0. The van der Waals surface area contributed by atoms with Crippen molar-refractivity contribution in [1.82, 2.24) is 14.8 Å². The zero-order chi connectivity index (χ0) is 30.0. The number of urea groups is 1. The number of aromatic nitrogens is 3. The van der Waals surface area contributed by atoms with E-state index in [-0.39, 0.29) is 28.5 Å². The molecule has 0 unspecified atom stereocenters. The third kappa shape index (κ3) is 6.60. The van der Waals surface area contributed by atoms with Crippen molar-refractivity contribution in [3.05, 3.63) is 84.4 Å². The molecule has 14 heteroatoms. The Balaban J connectivity index is 1.27. The monoisotopic (exact) mass is 598 g/mol. The molecule has 216 valence electrons. The van der Waals surface area contributed by atoms with Gasteiger partial charge in [0, 0.05) is 11.3 Å². The standard InChI is InChI=1S/C28H22F4N6O3S/c1-16(2)22-13-18(29)5-12-23(22)38-24(39)14-42-27(38)35-26(40)34-19-6-3-17(4-7-19)25-33-15-37(36-25)20-8-10-21(11-9-20)41-28(30,31)32/h3-13,15-16H,14H2,1-2H3,(H,34,40). The number of halogens is 4. The topological polar surface area (TPSA) is 102 Å². The van der Waals surface area contributed by atoms with Crippen molar-refractivity contribution in [3.63, 3.8) is 0 Å². The van der Waals surface area contributed by atoms with Gasteiger partial charge in [0.25, 0.3) is 0 Å². The number of carbonyl (C=O) groups excluding carboxylic acids is 2. The smallest absolute Gasteiger partial charge is 0.406 e. The summed E-state index contributed by atoms with van der Waals surface area (Å²) >= 11 is 1.12. The summed E-state index contributed by atoms with van der Waals surface area (Å²) in [7, 11) is 0. The summed E-state index contributed by atoms with van der Waals surface area (Å²) in [6.07, 6.45) is -3.37. The molecule has 2 heterocycles. The Hall–Kier alpha value is -4.72. The molecular formula is C28H22F4N6O3S. The average Bonchev–Trinajstić information content (AvgIpc) is 3.56. The summed E-state index contributed by atoms with van der Waals surface area (Å²) in [4.78, 5) is 35.0. The number of rotatable bonds is 6. The zero-order valence-corrected chi connectivity index (χ0v) is 22.9. The van der Waals surface area contributed by atoms with Gasteiger partial charge in [-0.1, -0.05) is 25.6 Å². The summed E-state index contributed by atoms with van der Waals surface area (Å²) < 4.78 is 56.3. The lowest BCUT2D eigenvalue weighted by molar-refractivity contribution is -0.274. The number of amides is 3. The van der Waals surface area contributed by atoms with Crippen LogP contribution in [-0.4, -0.2) is 44.0 Å². The van der Waals surface area contributed by atoms with Gasteiger partial charge >= 0.3 is 12.4 Å². The second-order valence-corrected chi connectivity index (χ2v) is 10.3. The summed E-state index contributed by atoms with van der Waals surface area (Å²) in [5.41, 5.74) is 2.63. The van der Waals surface area contributed by atoms with E-state index in [9.17, 15) is 27.2 Å². The van der Waals surface area contributed by atoms with Crippen LogP contribution in [0.3, 0.4) is 0 Å². The van der Waals surface area contributed by atoms with E-state index in [1.807, 2.05) is 13.8 Å². The van der Waals surface area contributed by atoms with Crippen LogP contribution in [0.1, 0.15) is 25.3 Å². The highest BCUT2D eigenvalue weighted by Crippen LogP contribution is 2.34. The number of hydrogen-bond acceptors (Lipinski definition) is 6. The van der Waals surface area contributed by atoms with E-state index in [2.05, 4.69) is 25.1 Å². The summed E-state index contributed by atoms with van der Waals surface area (Å²) in [5, 5.41) is 7.20. The fourth-order valence-corrected chi connectivity index (χ4v) is 4.99. The molecule has 4 aromatic rings. The van der Waals surface area contributed by atoms with Crippen molar-refractivity contribution in [3.8, 4) is 22.8 Å². The minimum Gasteiger partial charge on any atom is -0.406 e. The van der Waals surface area contributed by atoms with Crippen molar-refractivity contribution in [1.29, 1.82) is 0 Å². The maximum atomic E-state index is 13.9. The second-order valence-electron chi connectivity index (χ2n) is 9.33. The number of anilines is 2. The SMILES string of the molecule is CC(C)c1cc(F)ccc1N1C(=O)CSC1=NC(=O)Nc1ccc(-c2ncn(-c3ccc(OC(F)(F)F)cc3)n2)cc1. The summed E-state index contributed by atoms with van der Waals surface area (Å²) in [6.45, 7) is 3.76. The molecule has 1 aromatic heterocycles. The van der Waals surface area contributed by atoms with Gasteiger partial charge in [0.2, 0.25) is 5.91 Å². The summed E-state index contributed by atoms with van der Waals surface area (Å²) in [6, 6.07) is 15.2. The molecule has 0 atom stereocenters. The van der Waals surface area contributed by atoms with Crippen LogP contribution in [0.5, 0.6) is 5.75 Å². The van der Waals surface area contributed by atoms with Crippen LogP contribution < -0.4 is 15.0 Å². The molecule has 0 spiro atoms. The van der Waals surface area contributed by atoms with Crippen LogP contribution in [0.4, 0.5) is 33.7 Å². The quantitative estimate of drug-likeness (QED) is 0.246. The van der Waals surface area contributed by atoms with E-state index in [0.717, 1.165) is 11.8 Å². The number of thioether (sulfide) groups is 1. The molecule has 3 aromatic carbocycles. The van der Waals surface area contributed by atoms with Crippen LogP contribution in [0.15, 0.2) is 78.0 Å². The lowest BCUT2D eigenvalue weighted by Crippen LogP contribution is -2.31. The highest BCUT2D eigenvalue weighted by Gasteiger charge is 2.33. The van der Waals surface area contributed by atoms with Crippen LogP contribution in [-0.2, 0) is 4.79 Å². The van der Waals surface area contributed by atoms with E-state index >= 15 is 0 Å². The van der Waals surface area contributed by atoms with E-state index in [4.69, 9.17) is 0 Å². The van der Waals surface area contributed by atoms with Gasteiger partial charge in [0.05, 0.1) is 17.1 Å². The van der Waals surface area contributed by atoms with Crippen LogP contribution in [0.2, 0.25) is 0 Å². The number of ether oxygens (including phenoxy) is 1. The Morgan fingerprint density at radius 1 is 1.07 bits per heavy atom. The van der Waals surface area contributed by atoms with E-state index < -0.39 is 18.2 Å². The van der Waals surface area contributed by atoms with Crippen molar-refractivity contribution in [2.45, 2.75) is 26.1 Å². The van der Waals surface area contributed by atoms with Gasteiger partial charge in [-0.05, 0) is 78.2 Å². The second kappa shape index (κ2) is 11.6. The maximum Gasteiger partial charge on any atom is 0.573 e. The zero-order valence-electron chi connectivity index (χ0n) is 22.1. The molecule has 1 N–H and O–H groups in total. The molecule has 0 bridgehead atoms. The number of carbonyl (C=O) groups is 2. The first-order valence-electron chi connectivity index (χ1n) is 12.5. The first-order valence-corrected chi connectivity index (χ1v) is 13.5. The molecule has 42 heavy (non-hydrogen) atoms. The molecule has 1 aliphatic heterocycles. The predicted molar refractivity (Wildman–Crippen MR) is 150 cm³/mol. The molecule has 1 aliphatic rings. The fourth-order valence-electron chi connectivity index (χ4n) is 4.13. The van der Waals surface area contributed by atoms with Gasteiger partial charge in [0.1, 0.15) is 17.9 Å². The minimum atomic E-state index is -4.78. The van der Waals surface area contributed by atoms with E-state index in [0.29, 0.717) is 34.0 Å².